The van der Waals surface area contributed by atoms with Crippen molar-refractivity contribution in [3.8, 4) is 0 Å². The standard InChI is InChI=1S/C18H19FN2O3S/c1-2-24-15(22)9-14(11-5-7-13(19)8-6-11)21-18(23)17-16(12-3-4-12)20-10-25-17/h5-8,10,12,14H,2-4,9H2,1H3,(H,21,23)/t14-/m1/s1. The average Bonchev–Trinajstić information content (AvgIpc) is 3.31. The number of amides is 1. The van der Waals surface area contributed by atoms with E-state index in [1.807, 2.05) is 0 Å². The molecule has 1 atom stereocenters. The molecule has 1 fully saturated rings. The SMILES string of the molecule is CCOC(=O)C[C@@H](NC(=O)c1scnc1C1CC1)c1ccc(F)cc1. The lowest BCUT2D eigenvalue weighted by atomic mass is 10.0. The molecule has 1 heterocycles. The Bertz CT molecular complexity index is 756. The van der Waals surface area contributed by atoms with E-state index in [9.17, 15) is 14.0 Å². The smallest absolute Gasteiger partial charge is 0.308 e. The average molecular weight is 362 g/mol. The predicted octanol–water partition coefficient (Wildman–Crippen LogP) is 3.58. The molecule has 2 aromatic rings. The number of esters is 1. The van der Waals surface area contributed by atoms with Crippen molar-refractivity contribution in [2.45, 2.75) is 38.1 Å². The van der Waals surface area contributed by atoms with Crippen LogP contribution in [0.2, 0.25) is 0 Å². The minimum absolute atomic E-state index is 0.0111. The van der Waals surface area contributed by atoms with Crippen LogP contribution in [-0.2, 0) is 9.53 Å². The van der Waals surface area contributed by atoms with Gasteiger partial charge in [-0.2, -0.15) is 0 Å². The van der Waals surface area contributed by atoms with Gasteiger partial charge >= 0.3 is 5.97 Å². The van der Waals surface area contributed by atoms with Gasteiger partial charge in [-0.1, -0.05) is 12.1 Å². The van der Waals surface area contributed by atoms with Crippen molar-refractivity contribution in [1.29, 1.82) is 0 Å². The van der Waals surface area contributed by atoms with Crippen LogP contribution >= 0.6 is 11.3 Å². The van der Waals surface area contributed by atoms with Crippen LogP contribution in [0, 0.1) is 5.82 Å². The summed E-state index contributed by atoms with van der Waals surface area (Å²) in [6.07, 6.45) is 2.09. The molecular weight excluding hydrogens is 343 g/mol. The number of halogens is 1. The lowest BCUT2D eigenvalue weighted by Gasteiger charge is -2.18. The maximum Gasteiger partial charge on any atom is 0.308 e. The van der Waals surface area contributed by atoms with Crippen molar-refractivity contribution in [1.82, 2.24) is 10.3 Å². The maximum absolute atomic E-state index is 13.2. The van der Waals surface area contributed by atoms with E-state index in [4.69, 9.17) is 4.74 Å². The van der Waals surface area contributed by atoms with E-state index < -0.39 is 12.0 Å². The second-order valence-corrected chi connectivity index (χ2v) is 6.78. The summed E-state index contributed by atoms with van der Waals surface area (Å²) >= 11 is 1.30. The number of carbonyl (C=O) groups is 2. The van der Waals surface area contributed by atoms with Gasteiger partial charge in [0.1, 0.15) is 10.7 Å². The van der Waals surface area contributed by atoms with Gasteiger partial charge in [0.2, 0.25) is 0 Å². The van der Waals surface area contributed by atoms with E-state index in [0.29, 0.717) is 16.4 Å². The highest BCUT2D eigenvalue weighted by molar-refractivity contribution is 7.11. The predicted molar refractivity (Wildman–Crippen MR) is 91.9 cm³/mol. The van der Waals surface area contributed by atoms with E-state index in [-0.39, 0.29) is 24.8 Å². The summed E-state index contributed by atoms with van der Waals surface area (Å²) < 4.78 is 18.2. The van der Waals surface area contributed by atoms with E-state index in [2.05, 4.69) is 10.3 Å². The number of hydrogen-bond donors (Lipinski definition) is 1. The van der Waals surface area contributed by atoms with E-state index in [0.717, 1.165) is 18.5 Å². The molecule has 132 valence electrons. The number of nitrogens with zero attached hydrogens (tertiary/aromatic N) is 1. The quantitative estimate of drug-likeness (QED) is 0.765. The van der Waals surface area contributed by atoms with Crippen molar-refractivity contribution in [3.63, 3.8) is 0 Å². The van der Waals surface area contributed by atoms with Crippen LogP contribution in [0.4, 0.5) is 4.39 Å². The van der Waals surface area contributed by atoms with Gasteiger partial charge in [0, 0.05) is 5.92 Å². The van der Waals surface area contributed by atoms with Gasteiger partial charge in [-0.3, -0.25) is 9.59 Å². The Morgan fingerprint density at radius 3 is 2.72 bits per heavy atom. The number of hydrogen-bond acceptors (Lipinski definition) is 5. The van der Waals surface area contributed by atoms with Crippen molar-refractivity contribution in [3.05, 3.63) is 51.7 Å². The first-order valence-electron chi connectivity index (χ1n) is 8.23. The summed E-state index contributed by atoms with van der Waals surface area (Å²) in [6.45, 7) is 1.99. The molecule has 1 aromatic heterocycles. The summed E-state index contributed by atoms with van der Waals surface area (Å²) in [4.78, 5) is 29.5. The largest absolute Gasteiger partial charge is 0.466 e. The summed E-state index contributed by atoms with van der Waals surface area (Å²) in [6, 6.07) is 5.16. The molecule has 0 aliphatic heterocycles. The van der Waals surface area contributed by atoms with Gasteiger partial charge in [-0.25, -0.2) is 9.37 Å². The van der Waals surface area contributed by atoms with Gasteiger partial charge in [0.05, 0.1) is 30.3 Å². The fourth-order valence-electron chi connectivity index (χ4n) is 2.63. The van der Waals surface area contributed by atoms with Gasteiger partial charge in [-0.15, -0.1) is 11.3 Å². The van der Waals surface area contributed by atoms with Gasteiger partial charge in [0.25, 0.3) is 5.91 Å². The number of rotatable bonds is 7. The summed E-state index contributed by atoms with van der Waals surface area (Å²) in [5.74, 6) is -0.684. The Morgan fingerprint density at radius 1 is 1.36 bits per heavy atom. The van der Waals surface area contributed by atoms with Crippen molar-refractivity contribution in [2.75, 3.05) is 6.61 Å². The zero-order chi connectivity index (χ0) is 17.8. The Morgan fingerprint density at radius 2 is 2.08 bits per heavy atom. The van der Waals surface area contributed by atoms with E-state index in [1.54, 1.807) is 24.6 Å². The number of benzene rings is 1. The molecule has 0 radical (unpaired) electrons. The van der Waals surface area contributed by atoms with Crippen molar-refractivity contribution in [2.24, 2.45) is 0 Å². The first kappa shape index (κ1) is 17.5. The van der Waals surface area contributed by atoms with Crippen LogP contribution in [0.1, 0.15) is 59.1 Å². The monoisotopic (exact) mass is 362 g/mol. The maximum atomic E-state index is 13.2. The Labute approximate surface area is 149 Å². The minimum Gasteiger partial charge on any atom is -0.466 e. The van der Waals surface area contributed by atoms with Gasteiger partial charge in [0.15, 0.2) is 0 Å². The van der Waals surface area contributed by atoms with E-state index >= 15 is 0 Å². The summed E-state index contributed by atoms with van der Waals surface area (Å²) in [7, 11) is 0. The van der Waals surface area contributed by atoms with Gasteiger partial charge < -0.3 is 10.1 Å². The third-order valence-corrected chi connectivity index (χ3v) is 4.86. The molecule has 1 aromatic carbocycles. The Kier molecular flexibility index (Phi) is 5.43. The Hall–Kier alpha value is -2.28. The zero-order valence-corrected chi connectivity index (χ0v) is 14.6. The molecule has 5 nitrogen and oxygen atoms in total. The first-order valence-corrected chi connectivity index (χ1v) is 9.11. The number of ether oxygens (including phenoxy) is 1. The van der Waals surface area contributed by atoms with Crippen LogP contribution in [-0.4, -0.2) is 23.5 Å². The number of aromatic nitrogens is 1. The lowest BCUT2D eigenvalue weighted by Crippen LogP contribution is -2.30. The lowest BCUT2D eigenvalue weighted by molar-refractivity contribution is -0.143. The van der Waals surface area contributed by atoms with Crippen LogP contribution in [0.15, 0.2) is 29.8 Å². The van der Waals surface area contributed by atoms with Crippen LogP contribution in [0.5, 0.6) is 0 Å². The van der Waals surface area contributed by atoms with Crippen molar-refractivity contribution >= 4 is 23.2 Å². The molecule has 1 amide bonds. The van der Waals surface area contributed by atoms with Gasteiger partial charge in [-0.05, 0) is 37.5 Å². The molecule has 0 spiro atoms. The van der Waals surface area contributed by atoms with Crippen molar-refractivity contribution < 1.29 is 18.7 Å². The summed E-state index contributed by atoms with van der Waals surface area (Å²) in [5, 5.41) is 2.88. The molecule has 0 unspecified atom stereocenters. The molecule has 0 bridgehead atoms. The highest BCUT2D eigenvalue weighted by Crippen LogP contribution is 2.41. The molecule has 1 aliphatic rings. The summed E-state index contributed by atoms with van der Waals surface area (Å²) in [5.41, 5.74) is 3.15. The second kappa shape index (κ2) is 7.74. The number of thiazole rings is 1. The topological polar surface area (TPSA) is 68.3 Å². The minimum atomic E-state index is -0.582. The normalized spacial score (nSPS) is 14.8. The third kappa shape index (κ3) is 4.42. The highest BCUT2D eigenvalue weighted by Gasteiger charge is 2.31. The zero-order valence-electron chi connectivity index (χ0n) is 13.8. The van der Waals surface area contributed by atoms with E-state index in [1.165, 1.54) is 23.5 Å². The fraction of sp³-hybridized carbons (Fsp3) is 0.389. The number of nitrogens with one attached hydrogen (secondary N) is 1. The Balaban J connectivity index is 1.78. The molecule has 0 saturated heterocycles. The molecule has 1 N–H and O–H groups in total. The van der Waals surface area contributed by atoms with Crippen LogP contribution < -0.4 is 5.32 Å². The van der Waals surface area contributed by atoms with Crippen LogP contribution in [0.25, 0.3) is 0 Å². The molecule has 3 rings (SSSR count). The molecule has 1 aliphatic carbocycles. The second-order valence-electron chi connectivity index (χ2n) is 5.93. The fourth-order valence-corrected chi connectivity index (χ4v) is 3.41. The molecule has 25 heavy (non-hydrogen) atoms. The third-order valence-electron chi connectivity index (χ3n) is 4.02. The number of carbonyl (C=O) groups excluding carboxylic acids is 2. The first-order chi connectivity index (χ1) is 12.1. The molecule has 7 heteroatoms. The molecule has 1 saturated carbocycles. The van der Waals surface area contributed by atoms with Crippen LogP contribution in [0.3, 0.4) is 0 Å². The molecular formula is C18H19FN2O3S. The highest BCUT2D eigenvalue weighted by atomic mass is 32.1.